The van der Waals surface area contributed by atoms with Gasteiger partial charge in [-0.1, -0.05) is 24.2 Å². The second-order valence-electron chi connectivity index (χ2n) is 6.85. The summed E-state index contributed by atoms with van der Waals surface area (Å²) in [5, 5.41) is 4.04. The van der Waals surface area contributed by atoms with Gasteiger partial charge in [-0.05, 0) is 54.3 Å². The summed E-state index contributed by atoms with van der Waals surface area (Å²) < 4.78 is 10.4. The zero-order chi connectivity index (χ0) is 19.5. The molecule has 1 amide bonds. The van der Waals surface area contributed by atoms with Crippen LogP contribution in [0.5, 0.6) is 5.75 Å². The summed E-state index contributed by atoms with van der Waals surface area (Å²) in [6.07, 6.45) is 2.76. The van der Waals surface area contributed by atoms with Crippen LogP contribution in [0, 0.1) is 0 Å². The van der Waals surface area contributed by atoms with E-state index in [1.54, 1.807) is 7.11 Å². The Hall–Kier alpha value is -3.15. The first-order valence-electron chi connectivity index (χ1n) is 9.57. The molecule has 0 radical (unpaired) electrons. The summed E-state index contributed by atoms with van der Waals surface area (Å²) in [6, 6.07) is 13.9. The Labute approximate surface area is 164 Å². The van der Waals surface area contributed by atoms with Gasteiger partial charge in [-0.3, -0.25) is 4.79 Å². The molecule has 4 rings (SSSR count). The van der Waals surface area contributed by atoms with E-state index < -0.39 is 0 Å². The third kappa shape index (κ3) is 3.63. The highest BCUT2D eigenvalue weighted by Gasteiger charge is 2.25. The molecule has 0 aliphatic carbocycles. The molecule has 144 valence electrons. The van der Waals surface area contributed by atoms with Crippen LogP contribution in [0.15, 0.2) is 47.0 Å². The first-order valence-corrected chi connectivity index (χ1v) is 9.57. The van der Waals surface area contributed by atoms with E-state index in [0.29, 0.717) is 31.1 Å². The first-order chi connectivity index (χ1) is 13.7. The van der Waals surface area contributed by atoms with Crippen LogP contribution in [0.1, 0.15) is 30.4 Å². The van der Waals surface area contributed by atoms with Crippen LogP contribution in [0.4, 0.5) is 5.69 Å². The molecular formula is C22H23N3O3. The van der Waals surface area contributed by atoms with Gasteiger partial charge in [0.25, 0.3) is 0 Å². The number of fused-ring (bicyclic) bond motifs is 1. The van der Waals surface area contributed by atoms with E-state index in [1.165, 1.54) is 0 Å². The van der Waals surface area contributed by atoms with E-state index in [9.17, 15) is 4.79 Å². The minimum atomic E-state index is 0.148. The van der Waals surface area contributed by atoms with Crippen LogP contribution in [-0.2, 0) is 24.1 Å². The van der Waals surface area contributed by atoms with Crippen molar-refractivity contribution in [3.05, 3.63) is 59.5 Å². The van der Waals surface area contributed by atoms with Crippen LogP contribution in [0.2, 0.25) is 0 Å². The Bertz CT molecular complexity index is 979. The molecule has 0 bridgehead atoms. The van der Waals surface area contributed by atoms with Gasteiger partial charge in [0, 0.05) is 30.6 Å². The number of rotatable bonds is 6. The van der Waals surface area contributed by atoms with Gasteiger partial charge in [0.2, 0.25) is 17.6 Å². The van der Waals surface area contributed by atoms with E-state index in [1.807, 2.05) is 48.2 Å². The van der Waals surface area contributed by atoms with Gasteiger partial charge in [0.1, 0.15) is 5.75 Å². The molecule has 0 atom stereocenters. The summed E-state index contributed by atoms with van der Waals surface area (Å²) in [5.74, 6) is 2.21. The van der Waals surface area contributed by atoms with Crippen molar-refractivity contribution in [3.8, 4) is 17.1 Å². The zero-order valence-electron chi connectivity index (χ0n) is 16.1. The molecule has 0 N–H and O–H groups in total. The second kappa shape index (κ2) is 7.84. The van der Waals surface area contributed by atoms with Gasteiger partial charge in [0.15, 0.2) is 0 Å². The van der Waals surface area contributed by atoms with Crippen molar-refractivity contribution in [2.24, 2.45) is 0 Å². The van der Waals surface area contributed by atoms with Gasteiger partial charge in [-0.15, -0.1) is 0 Å². The topological polar surface area (TPSA) is 68.5 Å². The molecule has 6 nitrogen and oxygen atoms in total. The zero-order valence-corrected chi connectivity index (χ0v) is 16.1. The molecule has 0 saturated heterocycles. The lowest BCUT2D eigenvalue weighted by Gasteiger charge is -2.17. The molecule has 0 spiro atoms. The van der Waals surface area contributed by atoms with E-state index in [4.69, 9.17) is 9.26 Å². The van der Waals surface area contributed by atoms with E-state index in [0.717, 1.165) is 41.0 Å². The lowest BCUT2D eigenvalue weighted by Crippen LogP contribution is -2.29. The predicted molar refractivity (Wildman–Crippen MR) is 106 cm³/mol. The maximum atomic E-state index is 12.8. The molecule has 0 fully saturated rings. The Morgan fingerprint density at radius 2 is 2.04 bits per heavy atom. The third-order valence-electron chi connectivity index (χ3n) is 5.09. The molecular weight excluding hydrogens is 354 g/mol. The number of carbonyl (C=O) groups is 1. The summed E-state index contributed by atoms with van der Waals surface area (Å²) in [4.78, 5) is 19.0. The molecule has 1 aliphatic rings. The van der Waals surface area contributed by atoms with E-state index in [-0.39, 0.29) is 5.91 Å². The number of hydrogen-bond donors (Lipinski definition) is 0. The Morgan fingerprint density at radius 3 is 2.75 bits per heavy atom. The summed E-state index contributed by atoms with van der Waals surface area (Å²) in [7, 11) is 1.65. The Morgan fingerprint density at radius 1 is 1.21 bits per heavy atom. The minimum absolute atomic E-state index is 0.148. The molecule has 2 heterocycles. The fourth-order valence-electron chi connectivity index (χ4n) is 3.49. The van der Waals surface area contributed by atoms with Crippen LogP contribution in [-0.4, -0.2) is 29.7 Å². The monoisotopic (exact) mass is 377 g/mol. The number of ether oxygens (including phenoxy) is 1. The van der Waals surface area contributed by atoms with Gasteiger partial charge in [-0.2, -0.15) is 4.98 Å². The second-order valence-corrected chi connectivity index (χ2v) is 6.85. The standard InChI is InChI=1S/C22H23N3O3/c1-3-20-23-22(24-28-20)17-7-10-19-16(14-17)12-13-25(19)21(26)11-6-15-4-8-18(27-2)9-5-15/h4-5,7-10,14H,3,6,11-13H2,1-2H3. The molecule has 0 saturated carbocycles. The van der Waals surface area contributed by atoms with Gasteiger partial charge in [-0.25, -0.2) is 0 Å². The van der Waals surface area contributed by atoms with Crippen molar-refractivity contribution in [2.45, 2.75) is 32.6 Å². The Kier molecular flexibility index (Phi) is 5.10. The van der Waals surface area contributed by atoms with Crippen LogP contribution in [0.25, 0.3) is 11.4 Å². The van der Waals surface area contributed by atoms with Crippen LogP contribution in [0.3, 0.4) is 0 Å². The number of carbonyl (C=O) groups excluding carboxylic acids is 1. The Balaban J connectivity index is 1.44. The van der Waals surface area contributed by atoms with Gasteiger partial charge < -0.3 is 14.2 Å². The number of aryl methyl sites for hydroxylation is 2. The van der Waals surface area contributed by atoms with Crippen molar-refractivity contribution >= 4 is 11.6 Å². The molecule has 0 unspecified atom stereocenters. The number of methoxy groups -OCH3 is 1. The SMILES string of the molecule is CCc1nc(-c2ccc3c(c2)CCN3C(=O)CCc2ccc(OC)cc2)no1. The number of nitrogens with zero attached hydrogens (tertiary/aromatic N) is 3. The summed E-state index contributed by atoms with van der Waals surface area (Å²) in [5.41, 5.74) is 4.20. The van der Waals surface area contributed by atoms with Crippen molar-refractivity contribution in [1.29, 1.82) is 0 Å². The van der Waals surface area contributed by atoms with Gasteiger partial charge in [0.05, 0.1) is 7.11 Å². The molecule has 2 aromatic carbocycles. The maximum absolute atomic E-state index is 12.8. The summed E-state index contributed by atoms with van der Waals surface area (Å²) in [6.45, 7) is 2.70. The largest absolute Gasteiger partial charge is 0.497 e. The molecule has 1 aliphatic heterocycles. The van der Waals surface area contributed by atoms with Crippen LogP contribution >= 0.6 is 0 Å². The average Bonchev–Trinajstić information content (AvgIpc) is 3.39. The van der Waals surface area contributed by atoms with Crippen molar-refractivity contribution in [2.75, 3.05) is 18.6 Å². The number of amides is 1. The molecule has 3 aromatic rings. The highest BCUT2D eigenvalue weighted by atomic mass is 16.5. The normalized spacial score (nSPS) is 12.9. The molecule has 6 heteroatoms. The van der Waals surface area contributed by atoms with E-state index >= 15 is 0 Å². The number of hydrogen-bond acceptors (Lipinski definition) is 5. The molecule has 1 aromatic heterocycles. The molecule has 28 heavy (non-hydrogen) atoms. The minimum Gasteiger partial charge on any atom is -0.497 e. The smallest absolute Gasteiger partial charge is 0.227 e. The average molecular weight is 377 g/mol. The fraction of sp³-hybridized carbons (Fsp3) is 0.318. The first kappa shape index (κ1) is 18.2. The van der Waals surface area contributed by atoms with Gasteiger partial charge >= 0.3 is 0 Å². The van der Waals surface area contributed by atoms with Crippen molar-refractivity contribution < 1.29 is 14.1 Å². The van der Waals surface area contributed by atoms with Crippen molar-refractivity contribution in [3.63, 3.8) is 0 Å². The number of benzene rings is 2. The number of aromatic nitrogens is 2. The highest BCUT2D eigenvalue weighted by Crippen LogP contribution is 2.32. The lowest BCUT2D eigenvalue weighted by molar-refractivity contribution is -0.118. The summed E-state index contributed by atoms with van der Waals surface area (Å²) >= 11 is 0. The van der Waals surface area contributed by atoms with Crippen molar-refractivity contribution in [1.82, 2.24) is 10.1 Å². The maximum Gasteiger partial charge on any atom is 0.227 e. The lowest BCUT2D eigenvalue weighted by atomic mass is 10.1. The van der Waals surface area contributed by atoms with Crippen LogP contribution < -0.4 is 9.64 Å². The number of anilines is 1. The highest BCUT2D eigenvalue weighted by molar-refractivity contribution is 5.96. The third-order valence-corrected chi connectivity index (χ3v) is 5.09. The quantitative estimate of drug-likeness (QED) is 0.653. The fourth-order valence-corrected chi connectivity index (χ4v) is 3.49. The van der Waals surface area contributed by atoms with E-state index in [2.05, 4.69) is 16.2 Å². The predicted octanol–water partition coefficient (Wildman–Crippen LogP) is 3.83.